The Morgan fingerprint density at radius 3 is 2.52 bits per heavy atom. The average Bonchev–Trinajstić information content (AvgIpc) is 2.85. The fourth-order valence-corrected chi connectivity index (χ4v) is 3.58. The number of hydrogen-bond donors (Lipinski definition) is 0. The van der Waals surface area contributed by atoms with E-state index < -0.39 is 0 Å². The van der Waals surface area contributed by atoms with Gasteiger partial charge in [0.15, 0.2) is 0 Å². The molecule has 5 heteroatoms. The zero-order chi connectivity index (χ0) is 16.6. The van der Waals surface area contributed by atoms with Crippen LogP contribution < -0.4 is 4.74 Å². The number of aromatic nitrogens is 1. The highest BCUT2D eigenvalue weighted by molar-refractivity contribution is 9.08. The first kappa shape index (κ1) is 16.1. The molecule has 0 saturated carbocycles. The molecule has 1 aromatic heterocycles. The summed E-state index contributed by atoms with van der Waals surface area (Å²) in [5.41, 5.74) is 3.48. The second kappa shape index (κ2) is 6.38. The lowest BCUT2D eigenvalue weighted by Gasteiger charge is -2.08. The molecule has 2 aromatic carbocycles. The normalized spacial score (nSPS) is 11.0. The van der Waals surface area contributed by atoms with Gasteiger partial charge in [0.25, 0.3) is 5.91 Å². The van der Waals surface area contributed by atoms with Crippen molar-refractivity contribution in [2.45, 2.75) is 12.3 Å². The molecule has 0 aliphatic heterocycles. The van der Waals surface area contributed by atoms with Gasteiger partial charge in [0, 0.05) is 27.0 Å². The molecule has 0 N–H and O–H groups in total. The minimum atomic E-state index is -0.0680. The molecule has 118 valence electrons. The smallest absolute Gasteiger partial charge is 0.262 e. The maximum atomic E-state index is 12.9. The quantitative estimate of drug-likeness (QED) is 0.574. The van der Waals surface area contributed by atoms with Gasteiger partial charge in [-0.15, -0.1) is 0 Å². The highest BCUT2D eigenvalue weighted by Crippen LogP contribution is 2.31. The maximum Gasteiger partial charge on any atom is 0.262 e. The fraction of sp³-hybridized carbons (Fsp3) is 0.167. The number of halogens is 2. The van der Waals surface area contributed by atoms with Crippen molar-refractivity contribution < 1.29 is 9.53 Å². The van der Waals surface area contributed by atoms with Crippen molar-refractivity contribution in [1.82, 2.24) is 4.57 Å². The highest BCUT2D eigenvalue weighted by atomic mass is 79.9. The Labute approximate surface area is 147 Å². The summed E-state index contributed by atoms with van der Waals surface area (Å²) in [5.74, 6) is 0.706. The Bertz CT molecular complexity index is 884. The van der Waals surface area contributed by atoms with E-state index in [4.69, 9.17) is 16.3 Å². The molecule has 0 amide bonds. The number of nitrogens with zero attached hydrogens (tertiary/aromatic N) is 1. The lowest BCUT2D eigenvalue weighted by Crippen LogP contribution is -2.13. The second-order valence-electron chi connectivity index (χ2n) is 5.23. The molecule has 3 aromatic rings. The first-order valence-corrected chi connectivity index (χ1v) is 8.61. The van der Waals surface area contributed by atoms with Crippen LogP contribution in [0.25, 0.3) is 10.9 Å². The number of fused-ring (bicyclic) bond motifs is 1. The minimum absolute atomic E-state index is 0.0680. The van der Waals surface area contributed by atoms with Crippen LogP contribution in [0.4, 0.5) is 0 Å². The first-order chi connectivity index (χ1) is 11.1. The van der Waals surface area contributed by atoms with E-state index in [2.05, 4.69) is 15.9 Å². The number of rotatable bonds is 3. The highest BCUT2D eigenvalue weighted by Gasteiger charge is 2.19. The van der Waals surface area contributed by atoms with Crippen molar-refractivity contribution >= 4 is 44.3 Å². The molecule has 3 nitrogen and oxygen atoms in total. The van der Waals surface area contributed by atoms with E-state index >= 15 is 0 Å². The average molecular weight is 393 g/mol. The Morgan fingerprint density at radius 1 is 1.22 bits per heavy atom. The second-order valence-corrected chi connectivity index (χ2v) is 6.23. The minimum Gasteiger partial charge on any atom is -0.497 e. The molecular formula is C18H15BrClNO2. The number of carbonyl (C=O) groups is 1. The van der Waals surface area contributed by atoms with E-state index in [1.165, 1.54) is 0 Å². The SMILES string of the molecule is COc1ccc2c(c1)c(CBr)c(C)n2C(=O)c1ccc(Cl)cc1. The van der Waals surface area contributed by atoms with E-state index in [1.54, 1.807) is 35.9 Å². The number of ether oxygens (including phenoxy) is 1. The van der Waals surface area contributed by atoms with E-state index in [1.807, 2.05) is 25.1 Å². The third-order valence-corrected chi connectivity index (χ3v) is 4.78. The predicted octanol–water partition coefficient (Wildman–Crippen LogP) is 5.20. The molecule has 3 rings (SSSR count). The van der Waals surface area contributed by atoms with Crippen LogP contribution in [0.5, 0.6) is 5.75 Å². The lowest BCUT2D eigenvalue weighted by atomic mass is 10.1. The summed E-state index contributed by atoms with van der Waals surface area (Å²) < 4.78 is 7.05. The lowest BCUT2D eigenvalue weighted by molar-refractivity contribution is 0.0963. The molecule has 0 saturated heterocycles. The standard InChI is InChI=1S/C18H15BrClNO2/c1-11-16(10-19)15-9-14(23-2)7-8-17(15)21(11)18(22)12-3-5-13(20)6-4-12/h3-9H,10H2,1-2H3. The van der Waals surface area contributed by atoms with Crippen LogP contribution in [0.2, 0.25) is 5.02 Å². The third-order valence-electron chi connectivity index (χ3n) is 3.97. The Morgan fingerprint density at radius 2 is 1.91 bits per heavy atom. The molecule has 0 aliphatic rings. The summed E-state index contributed by atoms with van der Waals surface area (Å²) in [6.45, 7) is 1.96. The number of carbonyl (C=O) groups excluding carboxylic acids is 1. The van der Waals surface area contributed by atoms with Crippen molar-refractivity contribution in [3.8, 4) is 5.75 Å². The van der Waals surface area contributed by atoms with Gasteiger partial charge in [-0.1, -0.05) is 27.5 Å². The van der Waals surface area contributed by atoms with Gasteiger partial charge < -0.3 is 4.74 Å². The molecule has 0 bridgehead atoms. The molecule has 0 radical (unpaired) electrons. The molecule has 23 heavy (non-hydrogen) atoms. The van der Waals surface area contributed by atoms with Gasteiger partial charge >= 0.3 is 0 Å². The van der Waals surface area contributed by atoms with Crippen molar-refractivity contribution in [2.24, 2.45) is 0 Å². The van der Waals surface area contributed by atoms with Crippen molar-refractivity contribution in [3.63, 3.8) is 0 Å². The van der Waals surface area contributed by atoms with Gasteiger partial charge in [0.2, 0.25) is 0 Å². The van der Waals surface area contributed by atoms with Gasteiger partial charge in [0.1, 0.15) is 5.75 Å². The van der Waals surface area contributed by atoms with Crippen molar-refractivity contribution in [3.05, 3.63) is 64.3 Å². The van der Waals surface area contributed by atoms with E-state index in [0.717, 1.165) is 27.9 Å². The topological polar surface area (TPSA) is 31.2 Å². The summed E-state index contributed by atoms with van der Waals surface area (Å²) in [4.78, 5) is 12.9. The Kier molecular flexibility index (Phi) is 4.46. The number of methoxy groups -OCH3 is 1. The van der Waals surface area contributed by atoms with Crippen molar-refractivity contribution in [1.29, 1.82) is 0 Å². The molecule has 0 spiro atoms. The van der Waals surface area contributed by atoms with Crippen LogP contribution in [0.15, 0.2) is 42.5 Å². The summed E-state index contributed by atoms with van der Waals surface area (Å²) in [7, 11) is 1.64. The summed E-state index contributed by atoms with van der Waals surface area (Å²) in [6, 6.07) is 12.7. The third kappa shape index (κ3) is 2.77. The zero-order valence-corrected chi connectivity index (χ0v) is 15.1. The van der Waals surface area contributed by atoms with Crippen LogP contribution in [0, 0.1) is 6.92 Å². The predicted molar refractivity (Wildman–Crippen MR) is 97.0 cm³/mol. The molecule has 0 atom stereocenters. The van der Waals surface area contributed by atoms with Gasteiger partial charge in [-0.3, -0.25) is 9.36 Å². The molecule has 0 fully saturated rings. The summed E-state index contributed by atoms with van der Waals surface area (Å²) in [6.07, 6.45) is 0. The monoisotopic (exact) mass is 391 g/mol. The van der Waals surface area contributed by atoms with Gasteiger partial charge in [-0.25, -0.2) is 0 Å². The van der Waals surface area contributed by atoms with Crippen LogP contribution in [-0.4, -0.2) is 17.6 Å². The Hall–Kier alpha value is -1.78. The molecular weight excluding hydrogens is 378 g/mol. The van der Waals surface area contributed by atoms with Gasteiger partial charge in [-0.05, 0) is 55.0 Å². The van der Waals surface area contributed by atoms with Gasteiger partial charge in [0.05, 0.1) is 12.6 Å². The van der Waals surface area contributed by atoms with E-state index in [9.17, 15) is 4.79 Å². The Balaban J connectivity index is 2.22. The van der Waals surface area contributed by atoms with E-state index in [-0.39, 0.29) is 5.91 Å². The number of hydrogen-bond acceptors (Lipinski definition) is 2. The summed E-state index contributed by atoms with van der Waals surface area (Å²) >= 11 is 9.43. The van der Waals surface area contributed by atoms with Crippen LogP contribution >= 0.6 is 27.5 Å². The number of alkyl halides is 1. The number of benzene rings is 2. The largest absolute Gasteiger partial charge is 0.497 e. The van der Waals surface area contributed by atoms with Crippen LogP contribution in [0.1, 0.15) is 21.6 Å². The molecule has 0 unspecified atom stereocenters. The van der Waals surface area contributed by atoms with Gasteiger partial charge in [-0.2, -0.15) is 0 Å². The fourth-order valence-electron chi connectivity index (χ4n) is 2.74. The first-order valence-electron chi connectivity index (χ1n) is 7.11. The van der Waals surface area contributed by atoms with Crippen LogP contribution in [-0.2, 0) is 5.33 Å². The maximum absolute atomic E-state index is 12.9. The zero-order valence-electron chi connectivity index (χ0n) is 12.8. The molecule has 0 aliphatic carbocycles. The van der Waals surface area contributed by atoms with Crippen LogP contribution in [0.3, 0.4) is 0 Å². The summed E-state index contributed by atoms with van der Waals surface area (Å²) in [5, 5.41) is 2.30. The van der Waals surface area contributed by atoms with E-state index in [0.29, 0.717) is 15.9 Å². The van der Waals surface area contributed by atoms with Crippen molar-refractivity contribution in [2.75, 3.05) is 7.11 Å². The molecule has 1 heterocycles.